The molecule has 0 radical (unpaired) electrons. The minimum Gasteiger partial charge on any atom is -0.367 e. The van der Waals surface area contributed by atoms with Crippen LogP contribution < -0.4 is 15.8 Å². The average Bonchev–Trinajstić information content (AvgIpc) is 2.53. The van der Waals surface area contributed by atoms with Crippen LogP contribution >= 0.6 is 15.9 Å². The number of nitrogens with one attached hydrogen (secondary N) is 1. The van der Waals surface area contributed by atoms with E-state index < -0.39 is 0 Å². The quantitative estimate of drug-likeness (QED) is 0.802. The maximum Gasteiger partial charge on any atom is 0.282 e. The molecular weight excluding hydrogens is 362 g/mol. The number of amides is 1. The summed E-state index contributed by atoms with van der Waals surface area (Å²) in [6.45, 7) is 7.60. The summed E-state index contributed by atoms with van der Waals surface area (Å²) in [7, 11) is 1.63. The number of halogens is 1. The number of piperazine rings is 1. The summed E-state index contributed by atoms with van der Waals surface area (Å²) in [6.07, 6.45) is 2.64. The molecule has 2 heterocycles. The van der Waals surface area contributed by atoms with Gasteiger partial charge in [-0.05, 0) is 29.3 Å². The van der Waals surface area contributed by atoms with Crippen molar-refractivity contribution in [2.75, 3.05) is 37.6 Å². The largest absolute Gasteiger partial charge is 0.367 e. The van der Waals surface area contributed by atoms with Gasteiger partial charge in [0.1, 0.15) is 4.47 Å². The van der Waals surface area contributed by atoms with Gasteiger partial charge < -0.3 is 10.2 Å². The Labute approximate surface area is 144 Å². The highest BCUT2D eigenvalue weighted by atomic mass is 79.9. The van der Waals surface area contributed by atoms with Crippen molar-refractivity contribution < 1.29 is 4.79 Å². The van der Waals surface area contributed by atoms with Gasteiger partial charge in [0.05, 0.1) is 18.4 Å². The summed E-state index contributed by atoms with van der Waals surface area (Å²) >= 11 is 3.36. The van der Waals surface area contributed by atoms with E-state index in [9.17, 15) is 9.59 Å². The molecule has 2 rings (SSSR count). The second-order valence-corrected chi connectivity index (χ2v) is 6.71. The first-order valence-electron chi connectivity index (χ1n) is 7.90. The molecule has 1 N–H and O–H groups in total. The molecule has 1 aromatic heterocycles. The molecular formula is C15H24BrN5O2. The van der Waals surface area contributed by atoms with Crippen molar-refractivity contribution in [1.29, 1.82) is 0 Å². The molecule has 1 aromatic rings. The lowest BCUT2D eigenvalue weighted by molar-refractivity contribution is -0.122. The molecule has 128 valence electrons. The highest BCUT2D eigenvalue weighted by molar-refractivity contribution is 9.10. The van der Waals surface area contributed by atoms with Gasteiger partial charge >= 0.3 is 0 Å². The molecule has 1 atom stereocenters. The number of aromatic nitrogens is 2. The minimum absolute atomic E-state index is 0.0734. The molecule has 0 aliphatic carbocycles. The molecule has 1 unspecified atom stereocenters. The molecule has 1 saturated heterocycles. The van der Waals surface area contributed by atoms with Crippen LogP contribution in [0, 0.1) is 0 Å². The average molecular weight is 386 g/mol. The normalized spacial score (nSPS) is 17.1. The predicted octanol–water partition coefficient (Wildman–Crippen LogP) is 0.580. The summed E-state index contributed by atoms with van der Waals surface area (Å²) in [4.78, 5) is 28.1. The summed E-state index contributed by atoms with van der Waals surface area (Å²) in [5.74, 6) is 0.0734. The molecule has 1 aliphatic rings. The van der Waals surface area contributed by atoms with Gasteiger partial charge in [-0.1, -0.05) is 6.92 Å². The molecule has 23 heavy (non-hydrogen) atoms. The van der Waals surface area contributed by atoms with Crippen LogP contribution in [0.4, 0.5) is 5.69 Å². The van der Waals surface area contributed by atoms with E-state index in [1.165, 1.54) is 4.68 Å². The topological polar surface area (TPSA) is 70.5 Å². The van der Waals surface area contributed by atoms with Crippen LogP contribution in [-0.4, -0.2) is 59.4 Å². The second kappa shape index (κ2) is 7.92. The summed E-state index contributed by atoms with van der Waals surface area (Å²) in [5, 5.41) is 7.07. The zero-order valence-electron chi connectivity index (χ0n) is 13.9. The van der Waals surface area contributed by atoms with Crippen molar-refractivity contribution in [3.63, 3.8) is 0 Å². The van der Waals surface area contributed by atoms with Gasteiger partial charge in [0.25, 0.3) is 5.56 Å². The molecule has 1 aliphatic heterocycles. The van der Waals surface area contributed by atoms with Crippen LogP contribution in [0.2, 0.25) is 0 Å². The Kier molecular flexibility index (Phi) is 6.17. The molecule has 8 heteroatoms. The third-order valence-corrected chi connectivity index (χ3v) is 4.91. The monoisotopic (exact) mass is 385 g/mol. The Morgan fingerprint density at radius 3 is 2.65 bits per heavy atom. The minimum atomic E-state index is -0.141. The van der Waals surface area contributed by atoms with Crippen LogP contribution in [0.5, 0.6) is 0 Å². The van der Waals surface area contributed by atoms with E-state index in [2.05, 4.69) is 43.1 Å². The first-order valence-corrected chi connectivity index (χ1v) is 8.70. The number of hydrogen-bond donors (Lipinski definition) is 1. The van der Waals surface area contributed by atoms with Gasteiger partial charge in [0, 0.05) is 39.3 Å². The molecule has 0 saturated carbocycles. The van der Waals surface area contributed by atoms with E-state index in [-0.39, 0.29) is 17.5 Å². The smallest absolute Gasteiger partial charge is 0.282 e. The van der Waals surface area contributed by atoms with Crippen LogP contribution in [0.1, 0.15) is 20.3 Å². The van der Waals surface area contributed by atoms with Crippen LogP contribution in [0.3, 0.4) is 0 Å². The maximum atomic E-state index is 11.9. The fourth-order valence-corrected chi connectivity index (χ4v) is 3.10. The van der Waals surface area contributed by atoms with Crippen molar-refractivity contribution in [3.05, 3.63) is 21.0 Å². The van der Waals surface area contributed by atoms with Crippen LogP contribution in [0.15, 0.2) is 15.5 Å². The van der Waals surface area contributed by atoms with E-state index >= 15 is 0 Å². The van der Waals surface area contributed by atoms with Crippen LogP contribution in [0.25, 0.3) is 0 Å². The predicted molar refractivity (Wildman–Crippen MR) is 93.7 cm³/mol. The highest BCUT2D eigenvalue weighted by Crippen LogP contribution is 2.22. The van der Waals surface area contributed by atoms with Gasteiger partial charge in [-0.15, -0.1) is 0 Å². The Morgan fingerprint density at radius 1 is 1.39 bits per heavy atom. The third kappa shape index (κ3) is 4.54. The number of carbonyl (C=O) groups is 1. The molecule has 1 fully saturated rings. The number of hydrogen-bond acceptors (Lipinski definition) is 5. The van der Waals surface area contributed by atoms with E-state index in [1.807, 2.05) is 6.92 Å². The Hall–Kier alpha value is -1.41. The number of nitrogens with zero attached hydrogens (tertiary/aromatic N) is 4. The van der Waals surface area contributed by atoms with E-state index in [0.29, 0.717) is 11.0 Å². The van der Waals surface area contributed by atoms with Crippen molar-refractivity contribution in [1.82, 2.24) is 20.0 Å². The Bertz CT molecular complexity index is 610. The fourth-order valence-electron chi connectivity index (χ4n) is 2.49. The maximum absolute atomic E-state index is 11.9. The zero-order valence-corrected chi connectivity index (χ0v) is 15.5. The molecule has 0 bridgehead atoms. The van der Waals surface area contributed by atoms with Crippen LogP contribution in [-0.2, 0) is 11.8 Å². The fraction of sp³-hybridized carbons (Fsp3) is 0.667. The lowest BCUT2D eigenvalue weighted by Crippen LogP contribution is -2.50. The van der Waals surface area contributed by atoms with Crippen molar-refractivity contribution in [2.45, 2.75) is 26.3 Å². The molecule has 0 aromatic carbocycles. The summed E-state index contributed by atoms with van der Waals surface area (Å²) < 4.78 is 1.85. The van der Waals surface area contributed by atoms with Crippen molar-refractivity contribution in [3.8, 4) is 0 Å². The van der Waals surface area contributed by atoms with Gasteiger partial charge in [0.15, 0.2) is 0 Å². The summed E-state index contributed by atoms with van der Waals surface area (Å²) in [6, 6.07) is 0.214. The van der Waals surface area contributed by atoms with E-state index in [0.717, 1.165) is 38.3 Å². The number of rotatable bonds is 5. The number of carbonyl (C=O) groups excluding carboxylic acids is 1. The van der Waals surface area contributed by atoms with E-state index in [1.54, 1.807) is 13.2 Å². The van der Waals surface area contributed by atoms with Gasteiger partial charge in [0.2, 0.25) is 5.91 Å². The highest BCUT2D eigenvalue weighted by Gasteiger charge is 2.22. The number of anilines is 1. The third-order valence-electron chi connectivity index (χ3n) is 4.16. The lowest BCUT2D eigenvalue weighted by Gasteiger charge is -2.36. The lowest BCUT2D eigenvalue weighted by atomic mass is 10.2. The first-order chi connectivity index (χ1) is 10.9. The zero-order chi connectivity index (χ0) is 17.0. The van der Waals surface area contributed by atoms with Crippen molar-refractivity contribution in [2.24, 2.45) is 7.05 Å². The Morgan fingerprint density at radius 2 is 2.04 bits per heavy atom. The van der Waals surface area contributed by atoms with Gasteiger partial charge in [-0.25, -0.2) is 4.68 Å². The van der Waals surface area contributed by atoms with Gasteiger partial charge in [-0.2, -0.15) is 5.10 Å². The summed E-state index contributed by atoms with van der Waals surface area (Å²) in [5.41, 5.74) is 0.676. The molecule has 0 spiro atoms. The van der Waals surface area contributed by atoms with E-state index in [4.69, 9.17) is 0 Å². The van der Waals surface area contributed by atoms with Crippen molar-refractivity contribution >= 4 is 27.5 Å². The first kappa shape index (κ1) is 17.9. The standard InChI is InChI=1S/C15H24BrN5O2/c1-4-11(2)18-13(22)10-20-5-7-21(8-6-20)12-9-17-19(3)15(23)14(12)16/h9,11H,4-8,10H2,1-3H3,(H,18,22). The Balaban J connectivity index is 1.90. The van der Waals surface area contributed by atoms with Gasteiger partial charge in [-0.3, -0.25) is 14.5 Å². The SMILES string of the molecule is CCC(C)NC(=O)CN1CCN(c2cnn(C)c(=O)c2Br)CC1. The molecule has 7 nitrogen and oxygen atoms in total. The molecule has 1 amide bonds. The number of aryl methyl sites for hydroxylation is 1. The second-order valence-electron chi connectivity index (χ2n) is 5.91.